The smallest absolute Gasteiger partial charge is 0.338 e. The lowest BCUT2D eigenvalue weighted by Gasteiger charge is -2.07. The molecule has 0 atom stereocenters. The molecule has 80 valence electrons. The quantitative estimate of drug-likeness (QED) is 0.512. The van der Waals surface area contributed by atoms with E-state index in [9.17, 15) is 9.90 Å². The molecule has 1 rings (SSSR count). The molecule has 0 bridgehead atoms. The first-order valence-corrected chi connectivity index (χ1v) is 5.56. The van der Waals surface area contributed by atoms with Gasteiger partial charge in [0.1, 0.15) is 11.5 Å². The molecular weight excluding hydrogens is 328 g/mol. The van der Waals surface area contributed by atoms with Crippen molar-refractivity contribution in [2.24, 2.45) is 0 Å². The van der Waals surface area contributed by atoms with Gasteiger partial charge in [-0.15, -0.1) is 0 Å². The number of halogens is 2. The lowest BCUT2D eigenvalue weighted by Crippen LogP contribution is -2.08. The van der Waals surface area contributed by atoms with Crippen LogP contribution in [0.1, 0.15) is 6.92 Å². The zero-order chi connectivity index (χ0) is 11.6. The molecule has 0 spiro atoms. The highest BCUT2D eigenvalue weighted by molar-refractivity contribution is 9.11. The average Bonchev–Trinajstić information content (AvgIpc) is 2.13. The molecule has 3 nitrogen and oxygen atoms in total. The van der Waals surface area contributed by atoms with E-state index in [4.69, 9.17) is 4.74 Å². The van der Waals surface area contributed by atoms with Crippen molar-refractivity contribution >= 4 is 37.8 Å². The third-order valence-corrected chi connectivity index (χ3v) is 2.81. The predicted octanol–water partition coefficient (Wildman–Crippen LogP) is 3.40. The van der Waals surface area contributed by atoms with Crippen LogP contribution >= 0.6 is 31.9 Å². The molecule has 0 saturated heterocycles. The summed E-state index contributed by atoms with van der Waals surface area (Å²) < 4.78 is 5.97. The van der Waals surface area contributed by atoms with Crippen molar-refractivity contribution in [3.63, 3.8) is 0 Å². The fourth-order valence-electron chi connectivity index (χ4n) is 0.783. The van der Waals surface area contributed by atoms with E-state index in [1.54, 1.807) is 6.92 Å². The van der Waals surface area contributed by atoms with Crippen molar-refractivity contribution in [2.45, 2.75) is 6.92 Å². The molecule has 1 N–H and O–H groups in total. The van der Waals surface area contributed by atoms with Crippen LogP contribution in [0.4, 0.5) is 0 Å². The maximum atomic E-state index is 11.2. The summed E-state index contributed by atoms with van der Waals surface area (Å²) in [6, 6.07) is 2.94. The summed E-state index contributed by atoms with van der Waals surface area (Å²) in [7, 11) is 0. The minimum atomic E-state index is -0.506. The summed E-state index contributed by atoms with van der Waals surface area (Å²) >= 11 is 6.29. The molecule has 0 aliphatic carbocycles. The van der Waals surface area contributed by atoms with E-state index in [1.165, 1.54) is 12.1 Å². The molecular formula is C10H8Br2O3. The van der Waals surface area contributed by atoms with Crippen LogP contribution in [0, 0.1) is 0 Å². The number of aromatic hydroxyl groups is 1. The zero-order valence-corrected chi connectivity index (χ0v) is 11.1. The molecule has 0 aromatic heterocycles. The molecule has 0 unspecified atom stereocenters. The van der Waals surface area contributed by atoms with Crippen LogP contribution in [0.5, 0.6) is 11.5 Å². The van der Waals surface area contributed by atoms with Crippen LogP contribution in [0.15, 0.2) is 33.2 Å². The molecule has 0 radical (unpaired) electrons. The standard InChI is InChI=1S/C10H8Br2O3/c1-5(2)10(14)15-9-4-6(11)8(13)3-7(9)12/h3-4,13H,1H2,2H3. The number of phenolic OH excluding ortho intramolecular Hbond substituents is 1. The molecule has 0 aliphatic rings. The second-order valence-electron chi connectivity index (χ2n) is 2.90. The van der Waals surface area contributed by atoms with Gasteiger partial charge in [-0.05, 0) is 44.8 Å². The van der Waals surface area contributed by atoms with Gasteiger partial charge in [-0.25, -0.2) is 4.79 Å². The first-order valence-electron chi connectivity index (χ1n) is 3.97. The maximum Gasteiger partial charge on any atom is 0.338 e. The SMILES string of the molecule is C=C(C)C(=O)Oc1cc(Br)c(O)cc1Br. The second-order valence-corrected chi connectivity index (χ2v) is 4.61. The Morgan fingerprint density at radius 3 is 2.53 bits per heavy atom. The number of ether oxygens (including phenoxy) is 1. The van der Waals surface area contributed by atoms with Crippen LogP contribution in [-0.4, -0.2) is 11.1 Å². The van der Waals surface area contributed by atoms with E-state index < -0.39 is 5.97 Å². The van der Waals surface area contributed by atoms with Gasteiger partial charge in [-0.1, -0.05) is 6.58 Å². The summed E-state index contributed by atoms with van der Waals surface area (Å²) in [5.74, 6) is -0.113. The Kier molecular flexibility index (Phi) is 3.93. The minimum Gasteiger partial charge on any atom is -0.507 e. The number of phenols is 1. The minimum absolute atomic E-state index is 0.0667. The Balaban J connectivity index is 3.01. The van der Waals surface area contributed by atoms with Gasteiger partial charge in [-0.3, -0.25) is 0 Å². The summed E-state index contributed by atoms with van der Waals surface area (Å²) in [6.45, 7) is 5.03. The van der Waals surface area contributed by atoms with Crippen molar-refractivity contribution in [1.29, 1.82) is 0 Å². The Labute approximate surface area is 104 Å². The fraction of sp³-hybridized carbons (Fsp3) is 0.100. The van der Waals surface area contributed by atoms with Gasteiger partial charge in [0, 0.05) is 11.6 Å². The van der Waals surface area contributed by atoms with Crippen molar-refractivity contribution in [3.8, 4) is 11.5 Å². The van der Waals surface area contributed by atoms with E-state index in [2.05, 4.69) is 38.4 Å². The number of esters is 1. The van der Waals surface area contributed by atoms with Crippen molar-refractivity contribution in [2.75, 3.05) is 0 Å². The van der Waals surface area contributed by atoms with Crippen molar-refractivity contribution < 1.29 is 14.6 Å². The summed E-state index contributed by atoms with van der Waals surface area (Å²) in [6.07, 6.45) is 0. The normalized spacial score (nSPS) is 9.80. The topological polar surface area (TPSA) is 46.5 Å². The number of carbonyl (C=O) groups excluding carboxylic acids is 1. The van der Waals surface area contributed by atoms with Gasteiger partial charge >= 0.3 is 5.97 Å². The molecule has 15 heavy (non-hydrogen) atoms. The van der Waals surface area contributed by atoms with Gasteiger partial charge in [0.15, 0.2) is 0 Å². The Bertz CT molecular complexity index is 427. The third-order valence-electron chi connectivity index (χ3n) is 1.55. The first-order chi connectivity index (χ1) is 6.91. The maximum absolute atomic E-state index is 11.2. The Morgan fingerprint density at radius 2 is 2.00 bits per heavy atom. The second kappa shape index (κ2) is 4.81. The van der Waals surface area contributed by atoms with Gasteiger partial charge in [-0.2, -0.15) is 0 Å². The van der Waals surface area contributed by atoms with Crippen LogP contribution in [-0.2, 0) is 4.79 Å². The highest BCUT2D eigenvalue weighted by Crippen LogP contribution is 2.35. The largest absolute Gasteiger partial charge is 0.507 e. The lowest BCUT2D eigenvalue weighted by molar-refractivity contribution is -0.130. The number of carbonyl (C=O) groups is 1. The van der Waals surface area contributed by atoms with E-state index in [0.29, 0.717) is 20.3 Å². The van der Waals surface area contributed by atoms with Gasteiger partial charge < -0.3 is 9.84 Å². The zero-order valence-electron chi connectivity index (χ0n) is 7.88. The molecule has 0 heterocycles. The van der Waals surface area contributed by atoms with E-state index in [-0.39, 0.29) is 5.75 Å². The van der Waals surface area contributed by atoms with Gasteiger partial charge in [0.05, 0.1) is 8.95 Å². The monoisotopic (exact) mass is 334 g/mol. The van der Waals surface area contributed by atoms with E-state index in [0.717, 1.165) is 0 Å². The number of hydrogen-bond donors (Lipinski definition) is 1. The van der Waals surface area contributed by atoms with Crippen molar-refractivity contribution in [3.05, 3.63) is 33.2 Å². The van der Waals surface area contributed by atoms with Crippen molar-refractivity contribution in [1.82, 2.24) is 0 Å². The molecule has 5 heteroatoms. The third kappa shape index (κ3) is 3.07. The van der Waals surface area contributed by atoms with Crippen LogP contribution in [0.25, 0.3) is 0 Å². The fourth-order valence-corrected chi connectivity index (χ4v) is 1.52. The average molecular weight is 336 g/mol. The van der Waals surface area contributed by atoms with E-state index >= 15 is 0 Å². The summed E-state index contributed by atoms with van der Waals surface area (Å²) in [4.78, 5) is 11.2. The van der Waals surface area contributed by atoms with Crippen LogP contribution in [0.3, 0.4) is 0 Å². The highest BCUT2D eigenvalue weighted by atomic mass is 79.9. The Hall–Kier alpha value is -0.810. The lowest BCUT2D eigenvalue weighted by atomic mass is 10.3. The van der Waals surface area contributed by atoms with Crippen LogP contribution < -0.4 is 4.74 Å². The van der Waals surface area contributed by atoms with Crippen LogP contribution in [0.2, 0.25) is 0 Å². The first kappa shape index (κ1) is 12.3. The number of benzene rings is 1. The molecule has 0 aliphatic heterocycles. The molecule has 0 fully saturated rings. The Morgan fingerprint density at radius 1 is 1.40 bits per heavy atom. The number of hydrogen-bond acceptors (Lipinski definition) is 3. The number of rotatable bonds is 2. The summed E-state index contributed by atoms with van der Waals surface area (Å²) in [5.41, 5.74) is 0.311. The van der Waals surface area contributed by atoms with Gasteiger partial charge in [0.25, 0.3) is 0 Å². The predicted molar refractivity (Wildman–Crippen MR) is 64.0 cm³/mol. The molecule has 1 aromatic carbocycles. The summed E-state index contributed by atoms with van der Waals surface area (Å²) in [5, 5.41) is 9.33. The van der Waals surface area contributed by atoms with E-state index in [1.807, 2.05) is 0 Å². The molecule has 1 aromatic rings. The highest BCUT2D eigenvalue weighted by Gasteiger charge is 2.11. The molecule has 0 saturated carbocycles. The molecule has 0 amide bonds. The van der Waals surface area contributed by atoms with Gasteiger partial charge in [0.2, 0.25) is 0 Å².